The van der Waals surface area contributed by atoms with Gasteiger partial charge in [-0.3, -0.25) is 9.89 Å². The van der Waals surface area contributed by atoms with Crippen LogP contribution in [0.15, 0.2) is 39.8 Å². The maximum atomic E-state index is 5.30. The van der Waals surface area contributed by atoms with E-state index in [-0.39, 0.29) is 5.92 Å². The van der Waals surface area contributed by atoms with E-state index in [0.717, 1.165) is 31.4 Å². The van der Waals surface area contributed by atoms with Gasteiger partial charge in [-0.2, -0.15) is 4.98 Å². The van der Waals surface area contributed by atoms with Crippen LogP contribution in [0.25, 0.3) is 0 Å². The van der Waals surface area contributed by atoms with E-state index in [0.29, 0.717) is 24.9 Å². The van der Waals surface area contributed by atoms with E-state index in [1.807, 2.05) is 0 Å². The van der Waals surface area contributed by atoms with Crippen molar-refractivity contribution in [2.24, 2.45) is 4.99 Å². The quantitative estimate of drug-likeness (QED) is 0.538. The molecule has 0 saturated carbocycles. The maximum Gasteiger partial charge on any atom is 0.228 e. The zero-order chi connectivity index (χ0) is 19.8. The number of guanidine groups is 1. The Labute approximate surface area is 167 Å². The van der Waals surface area contributed by atoms with E-state index in [1.54, 1.807) is 7.05 Å². The van der Waals surface area contributed by atoms with Crippen LogP contribution >= 0.6 is 0 Å². The number of benzene rings is 1. The lowest BCUT2D eigenvalue weighted by Gasteiger charge is -2.28. The molecular formula is C21H32N6O. The molecule has 0 amide bonds. The first-order chi connectivity index (χ1) is 13.7. The van der Waals surface area contributed by atoms with Crippen LogP contribution in [0.2, 0.25) is 0 Å². The first kappa shape index (κ1) is 20.3. The minimum Gasteiger partial charge on any atom is -0.356 e. The van der Waals surface area contributed by atoms with Gasteiger partial charge >= 0.3 is 0 Å². The molecule has 2 N–H and O–H groups in total. The molecule has 1 aliphatic heterocycles. The smallest absolute Gasteiger partial charge is 0.228 e. The molecule has 0 radical (unpaired) electrons. The normalized spacial score (nSPS) is 16.5. The Morgan fingerprint density at radius 2 is 1.93 bits per heavy atom. The number of nitrogens with zero attached hydrogens (tertiary/aromatic N) is 4. The molecule has 2 aromatic rings. The van der Waals surface area contributed by atoms with Gasteiger partial charge in [-0.1, -0.05) is 49.3 Å². The number of nitrogens with one attached hydrogen (secondary N) is 2. The Kier molecular flexibility index (Phi) is 7.42. The Hall–Kier alpha value is -2.41. The van der Waals surface area contributed by atoms with Gasteiger partial charge in [0.1, 0.15) is 0 Å². The molecule has 0 bridgehead atoms. The summed E-state index contributed by atoms with van der Waals surface area (Å²) >= 11 is 0. The second kappa shape index (κ2) is 10.2. The van der Waals surface area contributed by atoms with E-state index < -0.39 is 0 Å². The first-order valence-corrected chi connectivity index (χ1v) is 10.2. The third-order valence-electron chi connectivity index (χ3n) is 5.08. The van der Waals surface area contributed by atoms with Gasteiger partial charge in [-0.25, -0.2) is 0 Å². The molecule has 1 unspecified atom stereocenters. The van der Waals surface area contributed by atoms with Crippen molar-refractivity contribution in [3.8, 4) is 0 Å². The first-order valence-electron chi connectivity index (χ1n) is 10.2. The van der Waals surface area contributed by atoms with E-state index in [4.69, 9.17) is 4.52 Å². The van der Waals surface area contributed by atoms with Gasteiger partial charge in [-0.15, -0.1) is 0 Å². The molecular weight excluding hydrogens is 352 g/mol. The molecule has 152 valence electrons. The van der Waals surface area contributed by atoms with Crippen LogP contribution in [0, 0.1) is 0 Å². The van der Waals surface area contributed by atoms with Crippen molar-refractivity contribution >= 4 is 5.96 Å². The van der Waals surface area contributed by atoms with Crippen LogP contribution in [-0.2, 0) is 6.42 Å². The number of aromatic nitrogens is 2. The van der Waals surface area contributed by atoms with Crippen molar-refractivity contribution in [2.45, 2.75) is 45.1 Å². The van der Waals surface area contributed by atoms with Crippen molar-refractivity contribution < 1.29 is 4.52 Å². The summed E-state index contributed by atoms with van der Waals surface area (Å²) in [5.41, 5.74) is 1.35. The summed E-state index contributed by atoms with van der Waals surface area (Å²) in [6, 6.07) is 11.1. The highest BCUT2D eigenvalue weighted by molar-refractivity contribution is 5.79. The second-order valence-electron chi connectivity index (χ2n) is 7.50. The lowest BCUT2D eigenvalue weighted by Crippen LogP contribution is -2.43. The Morgan fingerprint density at radius 3 is 2.57 bits per heavy atom. The summed E-state index contributed by atoms with van der Waals surface area (Å²) in [7, 11) is 1.80. The summed E-state index contributed by atoms with van der Waals surface area (Å²) < 4.78 is 5.30. The summed E-state index contributed by atoms with van der Waals surface area (Å²) in [4.78, 5) is 11.3. The van der Waals surface area contributed by atoms with Crippen LogP contribution in [0.1, 0.15) is 55.9 Å². The summed E-state index contributed by atoms with van der Waals surface area (Å²) in [6.45, 7) is 7.94. The highest BCUT2D eigenvalue weighted by Gasteiger charge is 2.23. The summed E-state index contributed by atoms with van der Waals surface area (Å²) in [6.07, 6.45) is 3.23. The highest BCUT2D eigenvalue weighted by Crippen LogP contribution is 2.24. The Morgan fingerprint density at radius 1 is 1.18 bits per heavy atom. The average Bonchev–Trinajstić information content (AvgIpc) is 3.40. The number of rotatable bonds is 8. The molecule has 1 aliphatic rings. The monoisotopic (exact) mass is 384 g/mol. The van der Waals surface area contributed by atoms with Crippen LogP contribution in [0.4, 0.5) is 0 Å². The van der Waals surface area contributed by atoms with Gasteiger partial charge in [0.25, 0.3) is 0 Å². The largest absolute Gasteiger partial charge is 0.356 e. The van der Waals surface area contributed by atoms with Crippen molar-refractivity contribution in [2.75, 3.05) is 33.2 Å². The minimum atomic E-state index is 0.278. The van der Waals surface area contributed by atoms with Crippen LogP contribution in [-0.4, -0.2) is 54.2 Å². The zero-order valence-electron chi connectivity index (χ0n) is 17.2. The lowest BCUT2D eigenvalue weighted by molar-refractivity contribution is 0.245. The van der Waals surface area contributed by atoms with Gasteiger partial charge in [0, 0.05) is 32.5 Å². The molecule has 7 heteroatoms. The zero-order valence-corrected chi connectivity index (χ0v) is 17.2. The molecule has 0 spiro atoms. The van der Waals surface area contributed by atoms with Crippen LogP contribution in [0.5, 0.6) is 0 Å². The molecule has 2 heterocycles. The van der Waals surface area contributed by atoms with Crippen LogP contribution < -0.4 is 10.6 Å². The van der Waals surface area contributed by atoms with Gasteiger partial charge in [0.2, 0.25) is 5.89 Å². The number of hydrogen-bond acceptors (Lipinski definition) is 5. The Bertz CT molecular complexity index is 736. The molecule has 1 aromatic carbocycles. The Balaban J connectivity index is 1.51. The number of hydrogen-bond donors (Lipinski definition) is 2. The van der Waals surface area contributed by atoms with Crippen molar-refractivity contribution in [1.29, 1.82) is 0 Å². The van der Waals surface area contributed by atoms with Crippen molar-refractivity contribution in [3.05, 3.63) is 47.6 Å². The standard InChI is InChI=1S/C21H32N6O/c1-16(2)20-25-19(28-26-20)11-12-23-21(22-3)24-15-18(27-13-7-8-14-27)17-9-5-4-6-10-17/h4-6,9-10,16,18H,7-8,11-15H2,1-3H3,(H2,22,23,24). The van der Waals surface area contributed by atoms with Gasteiger partial charge in [-0.05, 0) is 31.5 Å². The van der Waals surface area contributed by atoms with Gasteiger partial charge in [0.05, 0.1) is 6.04 Å². The predicted octanol–water partition coefficient (Wildman–Crippen LogP) is 2.74. The predicted molar refractivity (Wildman–Crippen MR) is 111 cm³/mol. The van der Waals surface area contributed by atoms with E-state index in [1.165, 1.54) is 18.4 Å². The minimum absolute atomic E-state index is 0.278. The average molecular weight is 385 g/mol. The molecule has 1 saturated heterocycles. The highest BCUT2D eigenvalue weighted by atomic mass is 16.5. The molecule has 1 fully saturated rings. The number of likely N-dealkylation sites (tertiary alicyclic amines) is 1. The van der Waals surface area contributed by atoms with Gasteiger partial charge in [0.15, 0.2) is 11.8 Å². The topological polar surface area (TPSA) is 78.6 Å². The van der Waals surface area contributed by atoms with E-state index in [9.17, 15) is 0 Å². The third kappa shape index (κ3) is 5.55. The van der Waals surface area contributed by atoms with Crippen molar-refractivity contribution in [1.82, 2.24) is 25.7 Å². The fourth-order valence-corrected chi connectivity index (χ4v) is 3.49. The fraction of sp³-hybridized carbons (Fsp3) is 0.571. The third-order valence-corrected chi connectivity index (χ3v) is 5.08. The molecule has 3 rings (SSSR count). The number of aliphatic imine (C=N–C) groups is 1. The van der Waals surface area contributed by atoms with E-state index >= 15 is 0 Å². The van der Waals surface area contributed by atoms with Crippen molar-refractivity contribution in [3.63, 3.8) is 0 Å². The fourth-order valence-electron chi connectivity index (χ4n) is 3.49. The summed E-state index contributed by atoms with van der Waals surface area (Å²) in [5, 5.41) is 10.8. The SMILES string of the molecule is CN=C(NCCc1nc(C(C)C)no1)NCC(c1ccccc1)N1CCCC1. The molecule has 1 aromatic heterocycles. The second-order valence-corrected chi connectivity index (χ2v) is 7.50. The van der Waals surface area contributed by atoms with Gasteiger partial charge < -0.3 is 15.2 Å². The lowest BCUT2D eigenvalue weighted by atomic mass is 10.1. The summed E-state index contributed by atoms with van der Waals surface area (Å²) in [5.74, 6) is 2.49. The molecule has 28 heavy (non-hydrogen) atoms. The molecule has 1 atom stereocenters. The van der Waals surface area contributed by atoms with Crippen LogP contribution in [0.3, 0.4) is 0 Å². The molecule has 7 nitrogen and oxygen atoms in total. The molecule has 0 aliphatic carbocycles. The maximum absolute atomic E-state index is 5.30. The van der Waals surface area contributed by atoms with E-state index in [2.05, 4.69) is 74.8 Å².